The van der Waals surface area contributed by atoms with Crippen molar-refractivity contribution in [2.45, 2.75) is 37.6 Å². The standard InChI is InChI=1S/C18H19BrFN/c19-16-10-4-9-15(18(16)20)17(21)11-13-7-3-6-12-5-1-2-8-14(12)13/h1-2,4-5,8-10,13,17H,3,6-7,11,21H2. The molecule has 2 atom stereocenters. The van der Waals surface area contributed by atoms with Crippen molar-refractivity contribution < 1.29 is 4.39 Å². The zero-order chi connectivity index (χ0) is 14.8. The van der Waals surface area contributed by atoms with Crippen LogP contribution in [0, 0.1) is 5.82 Å². The van der Waals surface area contributed by atoms with E-state index in [1.165, 1.54) is 17.5 Å². The molecule has 0 radical (unpaired) electrons. The molecule has 21 heavy (non-hydrogen) atoms. The zero-order valence-corrected chi connectivity index (χ0v) is 13.4. The Morgan fingerprint density at radius 1 is 1.19 bits per heavy atom. The van der Waals surface area contributed by atoms with E-state index in [1.54, 1.807) is 12.1 Å². The Labute approximate surface area is 133 Å². The van der Waals surface area contributed by atoms with Crippen LogP contribution in [0.15, 0.2) is 46.9 Å². The number of rotatable bonds is 3. The molecule has 0 amide bonds. The van der Waals surface area contributed by atoms with Gasteiger partial charge in [0.05, 0.1) is 4.47 Å². The van der Waals surface area contributed by atoms with Crippen molar-refractivity contribution in [3.8, 4) is 0 Å². The fourth-order valence-electron chi connectivity index (χ4n) is 3.34. The molecule has 2 aromatic carbocycles. The summed E-state index contributed by atoms with van der Waals surface area (Å²) < 4.78 is 14.7. The summed E-state index contributed by atoms with van der Waals surface area (Å²) >= 11 is 3.23. The predicted octanol–water partition coefficient (Wildman–Crippen LogP) is 5.10. The van der Waals surface area contributed by atoms with Crippen LogP contribution in [0.3, 0.4) is 0 Å². The quantitative estimate of drug-likeness (QED) is 0.821. The minimum absolute atomic E-state index is 0.228. The lowest BCUT2D eigenvalue weighted by Gasteiger charge is -2.28. The summed E-state index contributed by atoms with van der Waals surface area (Å²) in [4.78, 5) is 0. The lowest BCUT2D eigenvalue weighted by molar-refractivity contribution is 0.464. The monoisotopic (exact) mass is 347 g/mol. The van der Waals surface area contributed by atoms with E-state index in [2.05, 4.69) is 40.2 Å². The molecule has 0 heterocycles. The smallest absolute Gasteiger partial charge is 0.142 e. The van der Waals surface area contributed by atoms with E-state index in [0.29, 0.717) is 16.0 Å². The topological polar surface area (TPSA) is 26.0 Å². The lowest BCUT2D eigenvalue weighted by Crippen LogP contribution is -2.19. The summed E-state index contributed by atoms with van der Waals surface area (Å²) in [6.07, 6.45) is 4.27. The Morgan fingerprint density at radius 2 is 2.00 bits per heavy atom. The van der Waals surface area contributed by atoms with Crippen LogP contribution in [0.1, 0.15) is 47.9 Å². The minimum Gasteiger partial charge on any atom is -0.324 e. The molecule has 0 aliphatic heterocycles. The SMILES string of the molecule is NC(CC1CCCc2ccccc21)c1cccc(Br)c1F. The second-order valence-electron chi connectivity index (χ2n) is 5.77. The second kappa shape index (κ2) is 6.29. The molecule has 2 N–H and O–H groups in total. The first-order chi connectivity index (χ1) is 10.2. The van der Waals surface area contributed by atoms with Crippen LogP contribution < -0.4 is 5.73 Å². The van der Waals surface area contributed by atoms with Crippen LogP contribution in [-0.2, 0) is 6.42 Å². The van der Waals surface area contributed by atoms with E-state index in [0.717, 1.165) is 19.3 Å². The molecule has 0 saturated heterocycles. The van der Waals surface area contributed by atoms with Gasteiger partial charge in [-0.2, -0.15) is 0 Å². The van der Waals surface area contributed by atoms with Gasteiger partial charge < -0.3 is 5.73 Å². The van der Waals surface area contributed by atoms with Gasteiger partial charge in [-0.05, 0) is 64.7 Å². The number of nitrogens with two attached hydrogens (primary N) is 1. The van der Waals surface area contributed by atoms with E-state index in [1.807, 2.05) is 6.07 Å². The van der Waals surface area contributed by atoms with Crippen molar-refractivity contribution in [1.82, 2.24) is 0 Å². The third-order valence-corrected chi connectivity index (χ3v) is 5.03. The minimum atomic E-state index is -0.265. The van der Waals surface area contributed by atoms with Gasteiger partial charge in [0.1, 0.15) is 5.82 Å². The van der Waals surface area contributed by atoms with Gasteiger partial charge in [-0.25, -0.2) is 4.39 Å². The number of fused-ring (bicyclic) bond motifs is 1. The summed E-state index contributed by atoms with van der Waals surface area (Å²) in [7, 11) is 0. The number of aryl methyl sites for hydroxylation is 1. The fraction of sp³-hybridized carbons (Fsp3) is 0.333. The van der Waals surface area contributed by atoms with E-state index in [4.69, 9.17) is 5.73 Å². The average molecular weight is 348 g/mol. The molecule has 1 nitrogen and oxygen atoms in total. The highest BCUT2D eigenvalue weighted by atomic mass is 79.9. The molecule has 110 valence electrons. The van der Waals surface area contributed by atoms with Gasteiger partial charge in [-0.1, -0.05) is 36.4 Å². The highest BCUT2D eigenvalue weighted by Gasteiger charge is 2.24. The van der Waals surface area contributed by atoms with Gasteiger partial charge in [-0.15, -0.1) is 0 Å². The highest BCUT2D eigenvalue weighted by Crippen LogP contribution is 2.37. The third kappa shape index (κ3) is 3.04. The summed E-state index contributed by atoms with van der Waals surface area (Å²) in [5.74, 6) is 0.206. The maximum absolute atomic E-state index is 14.2. The molecule has 1 aliphatic carbocycles. The van der Waals surface area contributed by atoms with Crippen LogP contribution in [0.4, 0.5) is 4.39 Å². The third-order valence-electron chi connectivity index (χ3n) is 4.41. The van der Waals surface area contributed by atoms with Crippen molar-refractivity contribution in [2.75, 3.05) is 0 Å². The van der Waals surface area contributed by atoms with Gasteiger partial charge in [0, 0.05) is 11.6 Å². The van der Waals surface area contributed by atoms with Crippen molar-refractivity contribution >= 4 is 15.9 Å². The Hall–Kier alpha value is -1.19. The van der Waals surface area contributed by atoms with Gasteiger partial charge >= 0.3 is 0 Å². The zero-order valence-electron chi connectivity index (χ0n) is 11.9. The van der Waals surface area contributed by atoms with Crippen LogP contribution in [0.2, 0.25) is 0 Å². The summed E-state index contributed by atoms with van der Waals surface area (Å²) in [6.45, 7) is 0. The molecular formula is C18H19BrFN. The largest absolute Gasteiger partial charge is 0.324 e. The van der Waals surface area contributed by atoms with Crippen LogP contribution in [-0.4, -0.2) is 0 Å². The van der Waals surface area contributed by atoms with Crippen molar-refractivity contribution in [3.63, 3.8) is 0 Å². The Morgan fingerprint density at radius 3 is 2.86 bits per heavy atom. The molecule has 0 saturated carbocycles. The van der Waals surface area contributed by atoms with Crippen molar-refractivity contribution in [3.05, 3.63) is 69.4 Å². The van der Waals surface area contributed by atoms with E-state index >= 15 is 0 Å². The van der Waals surface area contributed by atoms with Crippen molar-refractivity contribution in [2.24, 2.45) is 5.73 Å². The van der Waals surface area contributed by atoms with Crippen LogP contribution in [0.25, 0.3) is 0 Å². The second-order valence-corrected chi connectivity index (χ2v) is 6.63. The molecule has 3 rings (SSSR count). The van der Waals surface area contributed by atoms with Crippen LogP contribution in [0.5, 0.6) is 0 Å². The Bertz CT molecular complexity index is 641. The molecule has 0 aromatic heterocycles. The van der Waals surface area contributed by atoms with Gasteiger partial charge in [0.25, 0.3) is 0 Å². The van der Waals surface area contributed by atoms with Gasteiger partial charge in [0.15, 0.2) is 0 Å². The van der Waals surface area contributed by atoms with E-state index < -0.39 is 0 Å². The maximum Gasteiger partial charge on any atom is 0.142 e. The number of benzene rings is 2. The molecule has 2 aromatic rings. The van der Waals surface area contributed by atoms with Gasteiger partial charge in [0.2, 0.25) is 0 Å². The Kier molecular flexibility index (Phi) is 4.41. The number of halogens is 2. The maximum atomic E-state index is 14.2. The first-order valence-corrected chi connectivity index (χ1v) is 8.23. The summed E-state index contributed by atoms with van der Waals surface area (Å²) in [5.41, 5.74) is 9.72. The molecule has 3 heteroatoms. The van der Waals surface area contributed by atoms with Gasteiger partial charge in [-0.3, -0.25) is 0 Å². The molecule has 1 aliphatic rings. The van der Waals surface area contributed by atoms with Crippen molar-refractivity contribution in [1.29, 1.82) is 0 Å². The molecule has 0 fully saturated rings. The fourth-order valence-corrected chi connectivity index (χ4v) is 3.72. The van der Waals surface area contributed by atoms with E-state index in [-0.39, 0.29) is 11.9 Å². The summed E-state index contributed by atoms with van der Waals surface area (Å²) in [5, 5.41) is 0. The molecule has 0 spiro atoms. The summed E-state index contributed by atoms with van der Waals surface area (Å²) in [6, 6.07) is 13.7. The Balaban J connectivity index is 1.83. The van der Waals surface area contributed by atoms with E-state index in [9.17, 15) is 4.39 Å². The molecule has 0 bridgehead atoms. The number of hydrogen-bond acceptors (Lipinski definition) is 1. The number of hydrogen-bond donors (Lipinski definition) is 1. The normalized spacial score (nSPS) is 19.1. The molecule has 2 unspecified atom stereocenters. The first-order valence-electron chi connectivity index (χ1n) is 7.44. The lowest BCUT2D eigenvalue weighted by atomic mass is 9.79. The van der Waals surface area contributed by atoms with Crippen LogP contribution >= 0.6 is 15.9 Å². The highest BCUT2D eigenvalue weighted by molar-refractivity contribution is 9.10. The first kappa shape index (κ1) is 14.7. The average Bonchev–Trinajstić information content (AvgIpc) is 2.50. The predicted molar refractivity (Wildman–Crippen MR) is 87.8 cm³/mol. The molecular weight excluding hydrogens is 329 g/mol.